The van der Waals surface area contributed by atoms with E-state index in [0.717, 1.165) is 17.9 Å². The smallest absolute Gasteiger partial charge is 0.142 e. The van der Waals surface area contributed by atoms with Crippen LogP contribution in [0.25, 0.3) is 0 Å². The number of nitrogens with one attached hydrogen (secondary N) is 1. The highest BCUT2D eigenvalue weighted by Gasteiger charge is 2.38. The number of benzene rings is 2. The van der Waals surface area contributed by atoms with Crippen molar-refractivity contribution in [2.75, 3.05) is 11.9 Å². The molecule has 23 heavy (non-hydrogen) atoms. The summed E-state index contributed by atoms with van der Waals surface area (Å²) < 4.78 is 5.83. The molecular weight excluding hydrogens is 286 g/mol. The van der Waals surface area contributed by atoms with E-state index in [0.29, 0.717) is 24.2 Å². The molecule has 2 aliphatic rings. The Balaban J connectivity index is 1.78. The van der Waals surface area contributed by atoms with Crippen molar-refractivity contribution in [1.82, 2.24) is 0 Å². The summed E-state index contributed by atoms with van der Waals surface area (Å²) in [5, 5.41) is 13.3. The van der Waals surface area contributed by atoms with Gasteiger partial charge in [-0.15, -0.1) is 0 Å². The lowest BCUT2D eigenvalue weighted by atomic mass is 9.77. The first-order chi connectivity index (χ1) is 11.3. The van der Waals surface area contributed by atoms with Gasteiger partial charge in [-0.05, 0) is 48.6 Å². The van der Waals surface area contributed by atoms with Crippen molar-refractivity contribution in [2.45, 2.75) is 25.3 Å². The van der Waals surface area contributed by atoms with Crippen LogP contribution in [0.1, 0.15) is 36.4 Å². The van der Waals surface area contributed by atoms with Crippen molar-refractivity contribution in [1.29, 1.82) is 0 Å². The van der Waals surface area contributed by atoms with E-state index in [1.165, 1.54) is 11.1 Å². The molecule has 4 rings (SSSR count). The van der Waals surface area contributed by atoms with Gasteiger partial charge in [0.15, 0.2) is 0 Å². The summed E-state index contributed by atoms with van der Waals surface area (Å²) in [7, 11) is 0. The Morgan fingerprint density at radius 1 is 1.17 bits per heavy atom. The number of fused-ring (bicyclic) bond motifs is 3. The van der Waals surface area contributed by atoms with Gasteiger partial charge in [-0.25, -0.2) is 0 Å². The molecule has 0 saturated heterocycles. The Morgan fingerprint density at radius 3 is 2.78 bits per heavy atom. The van der Waals surface area contributed by atoms with E-state index in [1.807, 2.05) is 25.1 Å². The number of allylic oxidation sites excluding steroid dienone is 2. The summed E-state index contributed by atoms with van der Waals surface area (Å²) in [4.78, 5) is 0. The fourth-order valence-electron chi connectivity index (χ4n) is 3.88. The van der Waals surface area contributed by atoms with Crippen LogP contribution < -0.4 is 10.1 Å². The van der Waals surface area contributed by atoms with Gasteiger partial charge in [0, 0.05) is 5.92 Å². The van der Waals surface area contributed by atoms with E-state index in [4.69, 9.17) is 4.74 Å². The number of hydrogen-bond donors (Lipinski definition) is 2. The number of para-hydroxylation sites is 1. The van der Waals surface area contributed by atoms with Crippen LogP contribution in [0.2, 0.25) is 0 Å². The van der Waals surface area contributed by atoms with Gasteiger partial charge in [0.1, 0.15) is 11.5 Å². The molecule has 3 unspecified atom stereocenters. The summed E-state index contributed by atoms with van der Waals surface area (Å²) in [5.41, 5.74) is 3.64. The summed E-state index contributed by atoms with van der Waals surface area (Å²) in [6.45, 7) is 2.67. The molecule has 3 heteroatoms. The Hall–Kier alpha value is -2.42. The Bertz CT molecular complexity index is 736. The largest absolute Gasteiger partial charge is 0.508 e. The molecule has 118 valence electrons. The Labute approximate surface area is 136 Å². The molecule has 2 N–H and O–H groups in total. The third-order valence-electron chi connectivity index (χ3n) is 4.91. The average Bonchev–Trinajstić information content (AvgIpc) is 3.05. The number of aromatic hydroxyl groups is 1. The predicted octanol–water partition coefficient (Wildman–Crippen LogP) is 4.62. The van der Waals surface area contributed by atoms with E-state index >= 15 is 0 Å². The first kappa shape index (κ1) is 14.2. The monoisotopic (exact) mass is 307 g/mol. The van der Waals surface area contributed by atoms with E-state index in [9.17, 15) is 5.11 Å². The van der Waals surface area contributed by atoms with Crippen LogP contribution in [0.15, 0.2) is 54.6 Å². The lowest BCUT2D eigenvalue weighted by Gasteiger charge is -2.38. The van der Waals surface area contributed by atoms with Crippen molar-refractivity contribution in [3.05, 3.63) is 65.7 Å². The molecule has 1 aliphatic carbocycles. The summed E-state index contributed by atoms with van der Waals surface area (Å²) >= 11 is 0. The molecule has 0 aromatic heterocycles. The van der Waals surface area contributed by atoms with Crippen molar-refractivity contribution < 1.29 is 9.84 Å². The van der Waals surface area contributed by atoms with Gasteiger partial charge in [-0.2, -0.15) is 0 Å². The molecule has 0 amide bonds. The second-order valence-electron chi connectivity index (χ2n) is 6.22. The zero-order valence-electron chi connectivity index (χ0n) is 13.2. The molecule has 0 saturated carbocycles. The second-order valence-corrected chi connectivity index (χ2v) is 6.22. The molecule has 1 heterocycles. The fourth-order valence-corrected chi connectivity index (χ4v) is 3.88. The number of rotatable bonds is 3. The molecule has 2 aromatic rings. The number of ether oxygens (including phenoxy) is 1. The van der Waals surface area contributed by atoms with Crippen LogP contribution in [0.5, 0.6) is 11.5 Å². The van der Waals surface area contributed by atoms with E-state index in [1.54, 1.807) is 12.1 Å². The van der Waals surface area contributed by atoms with Crippen LogP contribution in [0.4, 0.5) is 5.69 Å². The molecule has 0 spiro atoms. The maximum atomic E-state index is 9.56. The molecular formula is C20H21NO2. The lowest BCUT2D eigenvalue weighted by molar-refractivity contribution is 0.337. The normalized spacial score (nSPS) is 24.7. The number of anilines is 1. The number of hydrogen-bond acceptors (Lipinski definition) is 3. The van der Waals surface area contributed by atoms with E-state index in [-0.39, 0.29) is 6.04 Å². The fraction of sp³-hybridized carbons (Fsp3) is 0.300. The van der Waals surface area contributed by atoms with Gasteiger partial charge >= 0.3 is 0 Å². The van der Waals surface area contributed by atoms with Gasteiger partial charge in [-0.3, -0.25) is 0 Å². The summed E-state index contributed by atoms with van der Waals surface area (Å²) in [6, 6.07) is 14.1. The molecule has 0 radical (unpaired) electrons. The minimum atomic E-state index is 0.227. The number of phenols is 1. The van der Waals surface area contributed by atoms with Gasteiger partial charge in [0.2, 0.25) is 0 Å². The van der Waals surface area contributed by atoms with Crippen LogP contribution in [0.3, 0.4) is 0 Å². The molecule has 0 bridgehead atoms. The SMILES string of the molecule is CCOc1cccc2c1NC(c1ccc(O)cc1)C1CC=CC21. The minimum absolute atomic E-state index is 0.227. The third-order valence-corrected chi connectivity index (χ3v) is 4.91. The molecule has 1 aliphatic heterocycles. The van der Waals surface area contributed by atoms with Gasteiger partial charge in [-0.1, -0.05) is 36.4 Å². The van der Waals surface area contributed by atoms with Crippen molar-refractivity contribution in [2.24, 2.45) is 5.92 Å². The highest BCUT2D eigenvalue weighted by atomic mass is 16.5. The Morgan fingerprint density at radius 2 is 2.00 bits per heavy atom. The van der Waals surface area contributed by atoms with Crippen LogP contribution in [-0.4, -0.2) is 11.7 Å². The van der Waals surface area contributed by atoms with Crippen LogP contribution >= 0.6 is 0 Å². The molecule has 2 aromatic carbocycles. The van der Waals surface area contributed by atoms with E-state index in [2.05, 4.69) is 29.6 Å². The minimum Gasteiger partial charge on any atom is -0.508 e. The van der Waals surface area contributed by atoms with Crippen LogP contribution in [0, 0.1) is 5.92 Å². The zero-order chi connectivity index (χ0) is 15.8. The molecule has 3 atom stereocenters. The van der Waals surface area contributed by atoms with E-state index < -0.39 is 0 Å². The Kier molecular flexibility index (Phi) is 3.49. The zero-order valence-corrected chi connectivity index (χ0v) is 13.2. The topological polar surface area (TPSA) is 41.5 Å². The quantitative estimate of drug-likeness (QED) is 0.813. The average molecular weight is 307 g/mol. The number of phenolic OH excluding ortho intramolecular Hbond substituents is 1. The standard InChI is InChI=1S/C20H21NO2/c1-2-23-18-8-4-7-17-15-5-3-6-16(15)19(21-20(17)18)13-9-11-14(22)12-10-13/h3-5,7-12,15-16,19,21-22H,2,6H2,1H3. The molecule has 0 fully saturated rings. The predicted molar refractivity (Wildman–Crippen MR) is 92.1 cm³/mol. The first-order valence-electron chi connectivity index (χ1n) is 8.25. The van der Waals surface area contributed by atoms with Gasteiger partial charge in [0.05, 0.1) is 18.3 Å². The molecule has 3 nitrogen and oxygen atoms in total. The second kappa shape index (κ2) is 5.65. The summed E-state index contributed by atoms with van der Waals surface area (Å²) in [6.07, 6.45) is 5.68. The van der Waals surface area contributed by atoms with Crippen molar-refractivity contribution >= 4 is 5.69 Å². The third kappa shape index (κ3) is 2.37. The van der Waals surface area contributed by atoms with Crippen molar-refractivity contribution in [3.63, 3.8) is 0 Å². The van der Waals surface area contributed by atoms with Crippen molar-refractivity contribution in [3.8, 4) is 11.5 Å². The highest BCUT2D eigenvalue weighted by molar-refractivity contribution is 5.67. The van der Waals surface area contributed by atoms with Gasteiger partial charge < -0.3 is 15.2 Å². The maximum absolute atomic E-state index is 9.56. The maximum Gasteiger partial charge on any atom is 0.142 e. The first-order valence-corrected chi connectivity index (χ1v) is 8.25. The highest BCUT2D eigenvalue weighted by Crippen LogP contribution is 2.52. The van der Waals surface area contributed by atoms with Crippen LogP contribution in [-0.2, 0) is 0 Å². The van der Waals surface area contributed by atoms with Gasteiger partial charge in [0.25, 0.3) is 0 Å². The summed E-state index contributed by atoms with van der Waals surface area (Å²) in [5.74, 6) is 2.16. The lowest BCUT2D eigenvalue weighted by Crippen LogP contribution is -2.29.